The van der Waals surface area contributed by atoms with E-state index < -0.39 is 0 Å². The quantitative estimate of drug-likeness (QED) is 0.798. The van der Waals surface area contributed by atoms with Crippen LogP contribution in [-0.2, 0) is 11.3 Å². The Bertz CT molecular complexity index is 733. The lowest BCUT2D eigenvalue weighted by Gasteiger charge is -2.34. The van der Waals surface area contributed by atoms with Crippen molar-refractivity contribution >= 4 is 5.91 Å². The molecular weight excluding hydrogens is 328 g/mol. The number of benzene rings is 1. The number of amides is 1. The van der Waals surface area contributed by atoms with Gasteiger partial charge in [-0.2, -0.15) is 4.98 Å². The third-order valence-corrected chi connectivity index (χ3v) is 5.36. The highest BCUT2D eigenvalue weighted by molar-refractivity contribution is 5.77. The highest BCUT2D eigenvalue weighted by atomic mass is 16.5. The minimum Gasteiger partial charge on any atom is -0.340 e. The van der Waals surface area contributed by atoms with E-state index in [2.05, 4.69) is 34.1 Å². The molecule has 4 rings (SSSR count). The lowest BCUT2D eigenvalue weighted by Crippen LogP contribution is -2.48. The molecule has 0 bridgehead atoms. The van der Waals surface area contributed by atoms with E-state index >= 15 is 0 Å². The van der Waals surface area contributed by atoms with Crippen LogP contribution < -0.4 is 0 Å². The molecule has 2 aliphatic rings. The lowest BCUT2D eigenvalue weighted by atomic mass is 9.97. The Morgan fingerprint density at radius 2 is 1.92 bits per heavy atom. The van der Waals surface area contributed by atoms with Gasteiger partial charge in [-0.1, -0.05) is 42.4 Å². The van der Waals surface area contributed by atoms with E-state index in [0.717, 1.165) is 32.0 Å². The van der Waals surface area contributed by atoms with Crippen LogP contribution in [0, 0.1) is 0 Å². The first-order valence-corrected chi connectivity index (χ1v) is 9.56. The number of aromatic nitrogens is 2. The summed E-state index contributed by atoms with van der Waals surface area (Å²) in [4.78, 5) is 21.4. The number of hydrogen-bond acceptors (Lipinski definition) is 5. The molecule has 0 unspecified atom stereocenters. The minimum absolute atomic E-state index is 0.245. The van der Waals surface area contributed by atoms with Crippen LogP contribution in [0.5, 0.6) is 0 Å². The molecule has 1 saturated heterocycles. The van der Waals surface area contributed by atoms with Crippen LogP contribution in [0.25, 0.3) is 0 Å². The topological polar surface area (TPSA) is 62.5 Å². The van der Waals surface area contributed by atoms with Crippen molar-refractivity contribution in [2.45, 2.75) is 44.6 Å². The van der Waals surface area contributed by atoms with Crippen molar-refractivity contribution < 1.29 is 9.32 Å². The molecule has 1 amide bonds. The molecule has 1 aliphatic carbocycles. The number of nitrogens with zero attached hydrogens (tertiary/aromatic N) is 4. The average Bonchev–Trinajstić information content (AvgIpc) is 3.42. The molecule has 1 saturated carbocycles. The maximum Gasteiger partial charge on any atom is 0.240 e. The van der Waals surface area contributed by atoms with Gasteiger partial charge in [0.05, 0.1) is 6.54 Å². The van der Waals surface area contributed by atoms with Gasteiger partial charge in [-0.25, -0.2) is 0 Å². The number of carbonyl (C=O) groups excluding carboxylic acids is 1. The lowest BCUT2D eigenvalue weighted by molar-refractivity contribution is -0.133. The van der Waals surface area contributed by atoms with Gasteiger partial charge in [0.2, 0.25) is 11.8 Å². The van der Waals surface area contributed by atoms with Gasteiger partial charge in [0.15, 0.2) is 5.82 Å². The average molecular weight is 354 g/mol. The first-order chi connectivity index (χ1) is 12.7. The largest absolute Gasteiger partial charge is 0.340 e. The zero-order valence-corrected chi connectivity index (χ0v) is 15.3. The smallest absolute Gasteiger partial charge is 0.240 e. The number of carbonyl (C=O) groups is 1. The summed E-state index contributed by atoms with van der Waals surface area (Å²) in [6.07, 6.45) is 2.93. The van der Waals surface area contributed by atoms with Gasteiger partial charge >= 0.3 is 0 Å². The zero-order valence-electron chi connectivity index (χ0n) is 15.3. The predicted molar refractivity (Wildman–Crippen MR) is 97.6 cm³/mol. The van der Waals surface area contributed by atoms with Gasteiger partial charge < -0.3 is 9.42 Å². The van der Waals surface area contributed by atoms with Crippen molar-refractivity contribution in [3.8, 4) is 0 Å². The molecule has 1 aromatic heterocycles. The summed E-state index contributed by atoms with van der Waals surface area (Å²) in [5.74, 6) is 2.58. The van der Waals surface area contributed by atoms with E-state index in [1.54, 1.807) is 0 Å². The molecule has 0 spiro atoms. The maximum absolute atomic E-state index is 12.6. The molecule has 6 heteroatoms. The van der Waals surface area contributed by atoms with Crippen molar-refractivity contribution in [1.29, 1.82) is 0 Å². The number of hydrogen-bond donors (Lipinski definition) is 0. The van der Waals surface area contributed by atoms with Crippen LogP contribution in [0.1, 0.15) is 55.3 Å². The number of piperazine rings is 1. The summed E-state index contributed by atoms with van der Waals surface area (Å²) in [6, 6.07) is 10.3. The van der Waals surface area contributed by atoms with E-state index in [4.69, 9.17) is 4.52 Å². The van der Waals surface area contributed by atoms with Crippen LogP contribution in [0.15, 0.2) is 34.9 Å². The second kappa shape index (κ2) is 7.58. The summed E-state index contributed by atoms with van der Waals surface area (Å²) in [5.41, 5.74) is 1.22. The standard InChI is InChI=1S/C20H26N4O2/c1-15(16-5-3-2-4-6-16)13-19(25)24-11-9-23(10-12-24)14-18-21-20(22-26-18)17-7-8-17/h2-6,15,17H,7-14H2,1H3/t15-/m0/s1. The molecule has 6 nitrogen and oxygen atoms in total. The summed E-state index contributed by atoms with van der Waals surface area (Å²) >= 11 is 0. The van der Waals surface area contributed by atoms with Gasteiger partial charge in [0.1, 0.15) is 0 Å². The van der Waals surface area contributed by atoms with Crippen molar-refractivity contribution in [3.63, 3.8) is 0 Å². The highest BCUT2D eigenvalue weighted by Crippen LogP contribution is 2.38. The van der Waals surface area contributed by atoms with E-state index in [1.807, 2.05) is 23.1 Å². The molecule has 0 radical (unpaired) electrons. The molecule has 1 atom stereocenters. The second-order valence-corrected chi connectivity index (χ2v) is 7.49. The Morgan fingerprint density at radius 1 is 1.19 bits per heavy atom. The molecule has 26 heavy (non-hydrogen) atoms. The summed E-state index contributed by atoms with van der Waals surface area (Å²) in [6.45, 7) is 6.05. The van der Waals surface area contributed by atoms with E-state index in [1.165, 1.54) is 18.4 Å². The monoisotopic (exact) mass is 354 g/mol. The molecule has 1 aromatic carbocycles. The fraction of sp³-hybridized carbons (Fsp3) is 0.550. The zero-order chi connectivity index (χ0) is 17.9. The second-order valence-electron chi connectivity index (χ2n) is 7.49. The molecule has 138 valence electrons. The van der Waals surface area contributed by atoms with Crippen molar-refractivity contribution in [3.05, 3.63) is 47.6 Å². The van der Waals surface area contributed by atoms with Gasteiger partial charge in [-0.15, -0.1) is 0 Å². The molecule has 2 aromatic rings. The van der Waals surface area contributed by atoms with Crippen LogP contribution in [0.2, 0.25) is 0 Å². The third kappa shape index (κ3) is 4.12. The number of rotatable bonds is 6. The Kier molecular flexibility index (Phi) is 5.02. The van der Waals surface area contributed by atoms with Gasteiger partial charge in [0.25, 0.3) is 0 Å². The maximum atomic E-state index is 12.6. The van der Waals surface area contributed by atoms with E-state index in [9.17, 15) is 4.79 Å². The first-order valence-electron chi connectivity index (χ1n) is 9.56. The Labute approximate surface area is 154 Å². The fourth-order valence-corrected chi connectivity index (χ4v) is 3.48. The van der Waals surface area contributed by atoms with Crippen molar-refractivity contribution in [2.75, 3.05) is 26.2 Å². The third-order valence-electron chi connectivity index (χ3n) is 5.36. The van der Waals surface area contributed by atoms with Gasteiger partial charge in [0, 0.05) is 38.5 Å². The SMILES string of the molecule is C[C@@H](CC(=O)N1CCN(Cc2nc(C3CC3)no2)CC1)c1ccccc1. The summed E-state index contributed by atoms with van der Waals surface area (Å²) < 4.78 is 5.36. The molecular formula is C20H26N4O2. The first kappa shape index (κ1) is 17.2. The van der Waals surface area contributed by atoms with Crippen LogP contribution in [0.4, 0.5) is 0 Å². The molecule has 2 heterocycles. The molecule has 0 N–H and O–H groups in total. The molecule has 2 fully saturated rings. The Balaban J connectivity index is 1.24. The van der Waals surface area contributed by atoms with Crippen LogP contribution in [-0.4, -0.2) is 52.0 Å². The normalized spacial score (nSPS) is 19.5. The Morgan fingerprint density at radius 3 is 2.62 bits per heavy atom. The van der Waals surface area contributed by atoms with Gasteiger partial charge in [-0.05, 0) is 24.3 Å². The Hall–Kier alpha value is -2.21. The highest BCUT2D eigenvalue weighted by Gasteiger charge is 2.29. The van der Waals surface area contributed by atoms with Crippen molar-refractivity contribution in [2.24, 2.45) is 0 Å². The van der Waals surface area contributed by atoms with Crippen LogP contribution in [0.3, 0.4) is 0 Å². The summed E-state index contributed by atoms with van der Waals surface area (Å²) in [5, 5.41) is 4.07. The van der Waals surface area contributed by atoms with Gasteiger partial charge in [-0.3, -0.25) is 9.69 Å². The minimum atomic E-state index is 0.245. The molecule has 1 aliphatic heterocycles. The van der Waals surface area contributed by atoms with E-state index in [0.29, 0.717) is 24.8 Å². The van der Waals surface area contributed by atoms with Crippen molar-refractivity contribution in [1.82, 2.24) is 19.9 Å². The van der Waals surface area contributed by atoms with E-state index in [-0.39, 0.29) is 11.8 Å². The van der Waals surface area contributed by atoms with Crippen LogP contribution >= 0.6 is 0 Å². The fourth-order valence-electron chi connectivity index (χ4n) is 3.48. The predicted octanol–water partition coefficient (Wildman–Crippen LogP) is 2.79. The summed E-state index contributed by atoms with van der Waals surface area (Å²) in [7, 11) is 0.